The van der Waals surface area contributed by atoms with Crippen LogP contribution in [0.2, 0.25) is 0 Å². The third-order valence-corrected chi connectivity index (χ3v) is 5.07. The van der Waals surface area contributed by atoms with Crippen LogP contribution in [-0.2, 0) is 0 Å². The standard InChI is InChI=1S/C21H16F2N4/c22-14-2-4-19-17(9-14)21(26-12-25-19)27-7-5-13(6-8-27)18-11-24-20-10-15(23)1-3-16(18)20/h1-5,9-12,24H,6-8H2. The van der Waals surface area contributed by atoms with Crippen molar-refractivity contribution in [2.75, 3.05) is 18.0 Å². The Morgan fingerprint density at radius 1 is 0.963 bits per heavy atom. The molecule has 0 radical (unpaired) electrons. The van der Waals surface area contributed by atoms with E-state index >= 15 is 0 Å². The third-order valence-electron chi connectivity index (χ3n) is 5.07. The maximum atomic E-state index is 13.7. The van der Waals surface area contributed by atoms with Crippen LogP contribution in [0.5, 0.6) is 0 Å². The number of benzene rings is 2. The zero-order valence-corrected chi connectivity index (χ0v) is 14.4. The van der Waals surface area contributed by atoms with Gasteiger partial charge in [-0.1, -0.05) is 6.08 Å². The van der Waals surface area contributed by atoms with Gasteiger partial charge in [0.25, 0.3) is 0 Å². The van der Waals surface area contributed by atoms with Gasteiger partial charge in [-0.25, -0.2) is 18.7 Å². The topological polar surface area (TPSA) is 44.8 Å². The van der Waals surface area contributed by atoms with E-state index in [1.54, 1.807) is 6.07 Å². The number of nitrogens with zero attached hydrogens (tertiary/aromatic N) is 3. The van der Waals surface area contributed by atoms with Gasteiger partial charge < -0.3 is 9.88 Å². The number of rotatable bonds is 2. The van der Waals surface area contributed by atoms with E-state index in [1.165, 1.54) is 36.2 Å². The van der Waals surface area contributed by atoms with Gasteiger partial charge in [0, 0.05) is 41.1 Å². The van der Waals surface area contributed by atoms with Crippen LogP contribution in [0.25, 0.3) is 27.4 Å². The summed E-state index contributed by atoms with van der Waals surface area (Å²) in [7, 11) is 0. The molecular weight excluding hydrogens is 346 g/mol. The van der Waals surface area contributed by atoms with Crippen LogP contribution in [0.4, 0.5) is 14.6 Å². The van der Waals surface area contributed by atoms with Crippen LogP contribution < -0.4 is 4.90 Å². The summed E-state index contributed by atoms with van der Waals surface area (Å²) < 4.78 is 27.1. The minimum atomic E-state index is -0.294. The smallest absolute Gasteiger partial charge is 0.140 e. The predicted molar refractivity (Wildman–Crippen MR) is 103 cm³/mol. The number of halogens is 2. The normalized spacial score (nSPS) is 14.7. The maximum absolute atomic E-state index is 13.7. The minimum absolute atomic E-state index is 0.248. The van der Waals surface area contributed by atoms with Crippen molar-refractivity contribution in [3.63, 3.8) is 0 Å². The lowest BCUT2D eigenvalue weighted by Crippen LogP contribution is -2.29. The molecule has 4 nitrogen and oxygen atoms in total. The van der Waals surface area contributed by atoms with E-state index < -0.39 is 0 Å². The quantitative estimate of drug-likeness (QED) is 0.563. The average Bonchev–Trinajstić information content (AvgIpc) is 3.10. The summed E-state index contributed by atoms with van der Waals surface area (Å²) in [5.74, 6) is 0.205. The number of hydrogen-bond donors (Lipinski definition) is 1. The summed E-state index contributed by atoms with van der Waals surface area (Å²) in [6.45, 7) is 1.44. The fourth-order valence-electron chi connectivity index (χ4n) is 3.74. The number of H-pyrrole nitrogens is 1. The Morgan fingerprint density at radius 2 is 1.81 bits per heavy atom. The van der Waals surface area contributed by atoms with Crippen molar-refractivity contribution >= 4 is 33.2 Å². The number of fused-ring (bicyclic) bond motifs is 2. The van der Waals surface area contributed by atoms with Crippen LogP contribution in [0.3, 0.4) is 0 Å². The van der Waals surface area contributed by atoms with Gasteiger partial charge in [0.15, 0.2) is 0 Å². The third kappa shape index (κ3) is 2.73. The van der Waals surface area contributed by atoms with Gasteiger partial charge >= 0.3 is 0 Å². The Kier molecular flexibility index (Phi) is 3.63. The molecule has 6 heteroatoms. The van der Waals surface area contributed by atoms with E-state index in [4.69, 9.17) is 0 Å². The highest BCUT2D eigenvalue weighted by Crippen LogP contribution is 2.32. The van der Waals surface area contributed by atoms with Gasteiger partial charge in [0.05, 0.1) is 5.52 Å². The van der Waals surface area contributed by atoms with Crippen LogP contribution >= 0.6 is 0 Å². The van der Waals surface area contributed by atoms with Gasteiger partial charge in [-0.15, -0.1) is 0 Å². The molecule has 1 aliphatic heterocycles. The summed E-state index contributed by atoms with van der Waals surface area (Å²) in [5.41, 5.74) is 3.84. The minimum Gasteiger partial charge on any atom is -0.360 e. The van der Waals surface area contributed by atoms with Crippen molar-refractivity contribution in [2.45, 2.75) is 6.42 Å². The molecule has 0 unspecified atom stereocenters. The molecule has 3 heterocycles. The van der Waals surface area contributed by atoms with E-state index in [9.17, 15) is 8.78 Å². The molecule has 2 aromatic heterocycles. The lowest BCUT2D eigenvalue weighted by molar-refractivity contribution is 0.629. The second-order valence-electron chi connectivity index (χ2n) is 6.68. The summed E-state index contributed by atoms with van der Waals surface area (Å²) in [6.07, 6.45) is 6.43. The van der Waals surface area contributed by atoms with Crippen molar-refractivity contribution in [1.82, 2.24) is 15.0 Å². The summed E-state index contributed by atoms with van der Waals surface area (Å²) in [4.78, 5) is 13.9. The van der Waals surface area contributed by atoms with Crippen molar-refractivity contribution in [3.8, 4) is 0 Å². The Balaban J connectivity index is 1.49. The molecule has 27 heavy (non-hydrogen) atoms. The Morgan fingerprint density at radius 3 is 2.67 bits per heavy atom. The molecule has 0 aliphatic carbocycles. The fourth-order valence-corrected chi connectivity index (χ4v) is 3.74. The first-order chi connectivity index (χ1) is 13.2. The van der Waals surface area contributed by atoms with E-state index in [0.717, 1.165) is 46.2 Å². The van der Waals surface area contributed by atoms with Crippen LogP contribution in [0.1, 0.15) is 12.0 Å². The molecule has 0 bridgehead atoms. The van der Waals surface area contributed by atoms with E-state index in [0.29, 0.717) is 6.54 Å². The summed E-state index contributed by atoms with van der Waals surface area (Å²) in [6, 6.07) is 9.37. The zero-order chi connectivity index (χ0) is 18.4. The highest BCUT2D eigenvalue weighted by molar-refractivity contribution is 5.94. The van der Waals surface area contributed by atoms with Crippen molar-refractivity contribution in [2.24, 2.45) is 0 Å². The molecule has 1 aliphatic rings. The highest BCUT2D eigenvalue weighted by Gasteiger charge is 2.19. The van der Waals surface area contributed by atoms with Gasteiger partial charge in [0.2, 0.25) is 0 Å². The molecule has 0 amide bonds. The summed E-state index contributed by atoms with van der Waals surface area (Å²) in [5, 5.41) is 1.74. The van der Waals surface area contributed by atoms with Gasteiger partial charge in [-0.2, -0.15) is 0 Å². The summed E-state index contributed by atoms with van der Waals surface area (Å²) >= 11 is 0. The Bertz CT molecular complexity index is 1200. The van der Waals surface area contributed by atoms with Crippen molar-refractivity contribution in [3.05, 3.63) is 72.2 Å². The lowest BCUT2D eigenvalue weighted by Gasteiger charge is -2.28. The first-order valence-electron chi connectivity index (χ1n) is 8.80. The molecule has 1 N–H and O–H groups in total. The van der Waals surface area contributed by atoms with Gasteiger partial charge in [0.1, 0.15) is 23.8 Å². The maximum Gasteiger partial charge on any atom is 0.140 e. The number of nitrogens with one attached hydrogen (secondary N) is 1. The largest absolute Gasteiger partial charge is 0.360 e. The van der Waals surface area contributed by atoms with Crippen LogP contribution in [-0.4, -0.2) is 28.0 Å². The van der Waals surface area contributed by atoms with E-state index in [-0.39, 0.29) is 11.6 Å². The first kappa shape index (κ1) is 15.9. The molecule has 0 atom stereocenters. The molecule has 5 rings (SSSR count). The number of aromatic amines is 1. The number of aromatic nitrogens is 3. The Labute approximate surface area is 154 Å². The predicted octanol–water partition coefficient (Wildman–Crippen LogP) is 4.68. The van der Waals surface area contributed by atoms with Gasteiger partial charge in [-0.3, -0.25) is 0 Å². The fraction of sp³-hybridized carbons (Fsp3) is 0.143. The average molecular weight is 362 g/mol. The first-order valence-corrected chi connectivity index (χ1v) is 8.80. The van der Waals surface area contributed by atoms with E-state index in [1.807, 2.05) is 12.3 Å². The molecule has 2 aromatic carbocycles. The second kappa shape index (κ2) is 6.16. The zero-order valence-electron chi connectivity index (χ0n) is 14.4. The number of anilines is 1. The lowest BCUT2D eigenvalue weighted by atomic mass is 9.98. The molecule has 0 fully saturated rings. The molecule has 0 saturated heterocycles. The highest BCUT2D eigenvalue weighted by atomic mass is 19.1. The number of hydrogen-bond acceptors (Lipinski definition) is 3. The van der Waals surface area contributed by atoms with Crippen LogP contribution in [0.15, 0.2) is 55.0 Å². The molecule has 4 aromatic rings. The SMILES string of the molecule is Fc1ccc2c(C3=CCN(c4ncnc5ccc(F)cc45)CC3)c[nH]c2c1. The Hall–Kier alpha value is -3.28. The van der Waals surface area contributed by atoms with Crippen LogP contribution in [0, 0.1) is 11.6 Å². The van der Waals surface area contributed by atoms with Crippen molar-refractivity contribution in [1.29, 1.82) is 0 Å². The molecular formula is C21H16F2N4. The molecule has 0 saturated carbocycles. The monoisotopic (exact) mass is 362 g/mol. The second-order valence-corrected chi connectivity index (χ2v) is 6.68. The molecule has 134 valence electrons. The van der Waals surface area contributed by atoms with Gasteiger partial charge in [-0.05, 0) is 48.4 Å². The van der Waals surface area contributed by atoms with E-state index in [2.05, 4.69) is 25.9 Å². The van der Waals surface area contributed by atoms with Crippen molar-refractivity contribution < 1.29 is 8.78 Å². The molecule has 0 spiro atoms.